The molecule has 158 valence electrons. The highest BCUT2D eigenvalue weighted by atomic mass is 35.5. The largest absolute Gasteiger partial charge is 0.278 e. The van der Waals surface area contributed by atoms with Crippen LogP contribution in [0.25, 0.3) is 27.5 Å². The van der Waals surface area contributed by atoms with Gasteiger partial charge in [-0.25, -0.2) is 4.98 Å². The van der Waals surface area contributed by atoms with Crippen LogP contribution in [-0.2, 0) is 5.88 Å². The zero-order valence-electron chi connectivity index (χ0n) is 16.9. The van der Waals surface area contributed by atoms with Crippen molar-refractivity contribution in [2.24, 2.45) is 0 Å². The van der Waals surface area contributed by atoms with E-state index in [-0.39, 0.29) is 17.0 Å². The Kier molecular flexibility index (Phi) is 5.24. The summed E-state index contributed by atoms with van der Waals surface area (Å²) in [6.45, 7) is 1.85. The summed E-state index contributed by atoms with van der Waals surface area (Å²) in [6, 6.07) is 19.6. The van der Waals surface area contributed by atoms with Crippen LogP contribution in [0.1, 0.15) is 5.56 Å². The second kappa shape index (κ2) is 8.22. The van der Waals surface area contributed by atoms with Crippen LogP contribution in [0.2, 0.25) is 5.02 Å². The Hall–Kier alpha value is -3.49. The van der Waals surface area contributed by atoms with Crippen LogP contribution in [0.15, 0.2) is 81.5 Å². The normalized spacial score (nSPS) is 11.3. The Morgan fingerprint density at radius 3 is 2.34 bits per heavy atom. The molecular weight excluding hydrogens is 446 g/mol. The van der Waals surface area contributed by atoms with E-state index in [1.54, 1.807) is 54.6 Å². The minimum atomic E-state index is -0.253. The highest BCUT2D eigenvalue weighted by molar-refractivity contribution is 7.98. The number of hydrogen-bond donors (Lipinski definition) is 0. The average molecular weight is 462 g/mol. The second-order valence-electron chi connectivity index (χ2n) is 7.12. The van der Waals surface area contributed by atoms with Gasteiger partial charge in [0.05, 0.1) is 27.9 Å². The number of fused-ring (bicyclic) bond motifs is 2. The van der Waals surface area contributed by atoms with E-state index >= 15 is 0 Å². The Morgan fingerprint density at radius 2 is 1.56 bits per heavy atom. The maximum absolute atomic E-state index is 13.4. The van der Waals surface area contributed by atoms with Crippen LogP contribution in [0.4, 0.5) is 0 Å². The molecule has 0 radical (unpaired) electrons. The number of nitrogens with zero attached hydrogens (tertiary/aromatic N) is 5. The molecule has 0 unspecified atom stereocenters. The highest BCUT2D eigenvalue weighted by Crippen LogP contribution is 2.27. The molecule has 7 nitrogen and oxygen atoms in total. The van der Waals surface area contributed by atoms with Crippen LogP contribution >= 0.6 is 23.4 Å². The summed E-state index contributed by atoms with van der Waals surface area (Å²) < 4.78 is 2.80. The number of aromatic nitrogens is 5. The van der Waals surface area contributed by atoms with Gasteiger partial charge in [-0.2, -0.15) is 4.68 Å². The zero-order valence-corrected chi connectivity index (χ0v) is 18.5. The fourth-order valence-electron chi connectivity index (χ4n) is 3.49. The van der Waals surface area contributed by atoms with Crippen LogP contribution in [-0.4, -0.2) is 24.5 Å². The zero-order chi connectivity index (χ0) is 22.2. The molecule has 0 fully saturated rings. The molecule has 0 aliphatic carbocycles. The number of para-hydroxylation sites is 1. The predicted molar refractivity (Wildman–Crippen MR) is 127 cm³/mol. The summed E-state index contributed by atoms with van der Waals surface area (Å²) in [5.41, 5.74) is 2.05. The molecule has 5 aromatic rings. The minimum absolute atomic E-state index is 0.140. The Bertz CT molecular complexity index is 1610. The van der Waals surface area contributed by atoms with E-state index in [1.165, 1.54) is 21.0 Å². The highest BCUT2D eigenvalue weighted by Gasteiger charge is 2.16. The molecule has 0 saturated heterocycles. The molecule has 0 amide bonds. The van der Waals surface area contributed by atoms with Crippen LogP contribution in [0.3, 0.4) is 0 Å². The van der Waals surface area contributed by atoms with Crippen molar-refractivity contribution in [3.8, 4) is 5.69 Å². The summed E-state index contributed by atoms with van der Waals surface area (Å²) in [5.74, 6) is 0.140. The smallest absolute Gasteiger partial charge is 0.268 e. The van der Waals surface area contributed by atoms with Gasteiger partial charge in [-0.3, -0.25) is 14.2 Å². The second-order valence-corrected chi connectivity index (χ2v) is 8.44. The van der Waals surface area contributed by atoms with E-state index in [2.05, 4.69) is 10.3 Å². The first-order valence-electron chi connectivity index (χ1n) is 9.77. The summed E-state index contributed by atoms with van der Waals surface area (Å²) in [5, 5.41) is 10.1. The molecule has 32 heavy (non-hydrogen) atoms. The fraction of sp³-hybridized carbons (Fsp3) is 0.0870. The van der Waals surface area contributed by atoms with Crippen molar-refractivity contribution in [3.05, 3.63) is 98.0 Å². The summed E-state index contributed by atoms with van der Waals surface area (Å²) in [7, 11) is 0. The van der Waals surface area contributed by atoms with Crippen molar-refractivity contribution in [2.75, 3.05) is 0 Å². The first kappa shape index (κ1) is 20.4. The Balaban J connectivity index is 1.65. The lowest BCUT2D eigenvalue weighted by molar-refractivity contribution is 0.642. The van der Waals surface area contributed by atoms with Crippen molar-refractivity contribution in [1.29, 1.82) is 0 Å². The van der Waals surface area contributed by atoms with E-state index < -0.39 is 0 Å². The van der Waals surface area contributed by atoms with Gasteiger partial charge >= 0.3 is 0 Å². The first-order valence-corrected chi connectivity index (χ1v) is 11.1. The number of benzene rings is 3. The van der Waals surface area contributed by atoms with Crippen LogP contribution in [0.5, 0.6) is 0 Å². The summed E-state index contributed by atoms with van der Waals surface area (Å²) in [6.07, 6.45) is 0. The van der Waals surface area contributed by atoms with Gasteiger partial charge < -0.3 is 0 Å². The topological polar surface area (TPSA) is 82.7 Å². The molecule has 0 spiro atoms. The van der Waals surface area contributed by atoms with Gasteiger partial charge in [0.1, 0.15) is 5.52 Å². The lowest BCUT2D eigenvalue weighted by Crippen LogP contribution is -2.25. The van der Waals surface area contributed by atoms with Gasteiger partial charge in [-0.05, 0) is 48.9 Å². The van der Waals surface area contributed by atoms with Gasteiger partial charge in [-0.1, -0.05) is 58.9 Å². The lowest BCUT2D eigenvalue weighted by atomic mass is 10.2. The molecule has 0 N–H and O–H groups in total. The quantitative estimate of drug-likeness (QED) is 0.294. The third-order valence-corrected chi connectivity index (χ3v) is 6.49. The molecule has 0 bridgehead atoms. The van der Waals surface area contributed by atoms with E-state index in [1.807, 2.05) is 19.1 Å². The number of halogens is 1. The molecule has 9 heteroatoms. The molecule has 0 atom stereocenters. The van der Waals surface area contributed by atoms with E-state index in [4.69, 9.17) is 16.6 Å². The fourth-order valence-corrected chi connectivity index (χ4v) is 4.54. The number of thioether (sulfide) groups is 1. The number of rotatable bonds is 4. The summed E-state index contributed by atoms with van der Waals surface area (Å²) in [4.78, 5) is 31.0. The first-order chi connectivity index (χ1) is 15.5. The molecular formula is C23H16ClN5O2S. The van der Waals surface area contributed by atoms with Crippen molar-refractivity contribution in [2.45, 2.75) is 18.0 Å². The van der Waals surface area contributed by atoms with Gasteiger partial charge in [0.15, 0.2) is 5.16 Å². The molecule has 0 aliphatic rings. The molecule has 2 aromatic heterocycles. The van der Waals surface area contributed by atoms with E-state index in [0.717, 1.165) is 5.56 Å². The third kappa shape index (κ3) is 3.47. The minimum Gasteiger partial charge on any atom is -0.268 e. The van der Waals surface area contributed by atoms with Gasteiger partial charge in [0.2, 0.25) is 0 Å². The molecule has 0 aliphatic heterocycles. The van der Waals surface area contributed by atoms with Crippen molar-refractivity contribution >= 4 is 45.2 Å². The summed E-state index contributed by atoms with van der Waals surface area (Å²) >= 11 is 7.56. The van der Waals surface area contributed by atoms with Gasteiger partial charge in [0, 0.05) is 5.02 Å². The maximum Gasteiger partial charge on any atom is 0.278 e. The third-order valence-electron chi connectivity index (χ3n) is 5.17. The van der Waals surface area contributed by atoms with Gasteiger partial charge in [-0.15, -0.1) is 5.10 Å². The molecule has 2 heterocycles. The van der Waals surface area contributed by atoms with Crippen molar-refractivity contribution < 1.29 is 0 Å². The standard InChI is InChI=1S/C23H16ClN5O2S/c1-14-17(24)9-6-12-20(14)29-22(31)15-7-2-4-10-18(15)25-23(29)32-13-28-21(30)16-8-3-5-11-19(16)26-27-28/h2-12H,13H2,1H3. The van der Waals surface area contributed by atoms with Crippen molar-refractivity contribution in [3.63, 3.8) is 0 Å². The SMILES string of the molecule is Cc1c(Cl)cccc1-n1c(SCn2nnc3ccccc3c2=O)nc2ccccc2c1=O. The van der Waals surface area contributed by atoms with E-state index in [0.29, 0.717) is 37.7 Å². The molecule has 5 rings (SSSR count). The Morgan fingerprint density at radius 1 is 0.875 bits per heavy atom. The average Bonchev–Trinajstić information content (AvgIpc) is 2.81. The maximum atomic E-state index is 13.4. The number of hydrogen-bond acceptors (Lipinski definition) is 6. The molecule has 0 saturated carbocycles. The van der Waals surface area contributed by atoms with Gasteiger partial charge in [0.25, 0.3) is 11.1 Å². The monoisotopic (exact) mass is 461 g/mol. The predicted octanol–water partition coefficient (Wildman–Crippen LogP) is 4.20. The Labute approximate surface area is 191 Å². The lowest BCUT2D eigenvalue weighted by Gasteiger charge is -2.16. The molecule has 3 aromatic carbocycles. The van der Waals surface area contributed by atoms with Crippen LogP contribution < -0.4 is 11.1 Å². The van der Waals surface area contributed by atoms with Crippen molar-refractivity contribution in [1.82, 2.24) is 24.5 Å². The van der Waals surface area contributed by atoms with E-state index in [9.17, 15) is 9.59 Å². The van der Waals surface area contributed by atoms with Crippen LogP contribution in [0, 0.1) is 6.92 Å².